The van der Waals surface area contributed by atoms with Crippen LogP contribution in [0.4, 0.5) is 0 Å². The molecule has 140 valence electrons. The van der Waals surface area contributed by atoms with Crippen LogP contribution in [0.2, 0.25) is 0 Å². The molecule has 0 atom stereocenters. The van der Waals surface area contributed by atoms with Crippen LogP contribution in [-0.4, -0.2) is 30.6 Å². The number of oxazole rings is 1. The Morgan fingerprint density at radius 1 is 1.04 bits per heavy atom. The molecule has 3 aromatic rings. The Hall–Kier alpha value is -3.28. The molecule has 0 saturated heterocycles. The minimum absolute atomic E-state index is 0.436. The minimum Gasteiger partial charge on any atom is -0.492 e. The summed E-state index contributed by atoms with van der Waals surface area (Å²) in [5.74, 6) is 2.19. The molecular weight excluding hydrogens is 340 g/mol. The number of benzene rings is 2. The Morgan fingerprint density at radius 2 is 1.78 bits per heavy atom. The summed E-state index contributed by atoms with van der Waals surface area (Å²) in [6.45, 7) is 4.44. The molecule has 0 aliphatic rings. The average molecular weight is 364 g/mol. The summed E-state index contributed by atoms with van der Waals surface area (Å²) >= 11 is 0. The lowest BCUT2D eigenvalue weighted by molar-refractivity contribution is 0.322. The lowest BCUT2D eigenvalue weighted by atomic mass is 10.2. The van der Waals surface area contributed by atoms with E-state index in [1.807, 2.05) is 67.6 Å². The number of aliphatic imine (C=N–C) groups is 1. The van der Waals surface area contributed by atoms with Crippen molar-refractivity contribution in [3.05, 3.63) is 72.6 Å². The molecule has 3 rings (SSSR count). The summed E-state index contributed by atoms with van der Waals surface area (Å²) in [6.07, 6.45) is 1.65. The van der Waals surface area contributed by atoms with Crippen LogP contribution in [0, 0.1) is 0 Å². The van der Waals surface area contributed by atoms with Crippen LogP contribution < -0.4 is 15.4 Å². The van der Waals surface area contributed by atoms with E-state index in [1.54, 1.807) is 6.26 Å². The van der Waals surface area contributed by atoms with Crippen LogP contribution in [0.3, 0.4) is 0 Å². The van der Waals surface area contributed by atoms with Gasteiger partial charge in [-0.2, -0.15) is 0 Å². The molecule has 27 heavy (non-hydrogen) atoms. The molecule has 0 spiro atoms. The van der Waals surface area contributed by atoms with E-state index in [9.17, 15) is 0 Å². The second-order valence-electron chi connectivity index (χ2n) is 5.79. The number of aromatic nitrogens is 1. The van der Waals surface area contributed by atoms with Crippen molar-refractivity contribution in [2.24, 2.45) is 4.99 Å². The molecular formula is C21H24N4O2. The lowest BCUT2D eigenvalue weighted by Gasteiger charge is -2.11. The van der Waals surface area contributed by atoms with Crippen molar-refractivity contribution in [2.45, 2.75) is 13.5 Å². The van der Waals surface area contributed by atoms with E-state index < -0.39 is 0 Å². The second-order valence-corrected chi connectivity index (χ2v) is 5.79. The molecule has 0 unspecified atom stereocenters. The van der Waals surface area contributed by atoms with Gasteiger partial charge in [0.25, 0.3) is 0 Å². The summed E-state index contributed by atoms with van der Waals surface area (Å²) in [5, 5.41) is 6.47. The van der Waals surface area contributed by atoms with Crippen LogP contribution in [0.15, 0.2) is 76.3 Å². The molecule has 1 heterocycles. The monoisotopic (exact) mass is 364 g/mol. The van der Waals surface area contributed by atoms with Crippen molar-refractivity contribution in [3.8, 4) is 17.2 Å². The normalized spacial score (nSPS) is 11.2. The molecule has 0 bridgehead atoms. The highest BCUT2D eigenvalue weighted by atomic mass is 16.5. The van der Waals surface area contributed by atoms with Crippen LogP contribution in [0.25, 0.3) is 11.5 Å². The third-order valence-electron chi connectivity index (χ3n) is 3.72. The number of ether oxygens (including phenoxy) is 1. The van der Waals surface area contributed by atoms with Gasteiger partial charge in [0.15, 0.2) is 5.96 Å². The summed E-state index contributed by atoms with van der Waals surface area (Å²) in [7, 11) is 0. The Bertz CT molecular complexity index is 832. The smallest absolute Gasteiger partial charge is 0.226 e. The van der Waals surface area contributed by atoms with Gasteiger partial charge in [-0.15, -0.1) is 0 Å². The largest absolute Gasteiger partial charge is 0.492 e. The maximum absolute atomic E-state index is 5.68. The van der Waals surface area contributed by atoms with Crippen LogP contribution in [0.5, 0.6) is 5.75 Å². The fourth-order valence-electron chi connectivity index (χ4n) is 2.45. The van der Waals surface area contributed by atoms with Gasteiger partial charge in [0, 0.05) is 12.1 Å². The van der Waals surface area contributed by atoms with Gasteiger partial charge in [-0.25, -0.2) is 9.98 Å². The zero-order valence-corrected chi connectivity index (χ0v) is 15.4. The van der Waals surface area contributed by atoms with Crippen molar-refractivity contribution in [2.75, 3.05) is 19.7 Å². The zero-order valence-electron chi connectivity index (χ0n) is 15.4. The third-order valence-corrected chi connectivity index (χ3v) is 3.72. The fourth-order valence-corrected chi connectivity index (χ4v) is 2.45. The maximum Gasteiger partial charge on any atom is 0.226 e. The molecule has 0 amide bonds. The van der Waals surface area contributed by atoms with Gasteiger partial charge in [-0.3, -0.25) is 0 Å². The first kappa shape index (κ1) is 18.5. The number of guanidine groups is 1. The summed E-state index contributed by atoms with van der Waals surface area (Å²) in [5.41, 5.74) is 1.74. The Morgan fingerprint density at radius 3 is 2.52 bits per heavy atom. The van der Waals surface area contributed by atoms with Gasteiger partial charge in [-0.1, -0.05) is 36.4 Å². The number of nitrogens with one attached hydrogen (secondary N) is 2. The van der Waals surface area contributed by atoms with E-state index in [4.69, 9.17) is 9.15 Å². The predicted molar refractivity (Wildman–Crippen MR) is 107 cm³/mol. The topological polar surface area (TPSA) is 71.7 Å². The first-order valence-corrected chi connectivity index (χ1v) is 9.05. The molecule has 0 aliphatic carbocycles. The lowest BCUT2D eigenvalue weighted by Crippen LogP contribution is -2.39. The quantitative estimate of drug-likeness (QED) is 0.364. The van der Waals surface area contributed by atoms with Crippen molar-refractivity contribution in [1.29, 1.82) is 0 Å². The average Bonchev–Trinajstić information content (AvgIpc) is 3.20. The minimum atomic E-state index is 0.436. The molecule has 1 aromatic heterocycles. The second kappa shape index (κ2) is 10.0. The molecule has 2 N–H and O–H groups in total. The van der Waals surface area contributed by atoms with Gasteiger partial charge in [-0.05, 0) is 31.2 Å². The zero-order chi connectivity index (χ0) is 18.7. The van der Waals surface area contributed by atoms with Crippen molar-refractivity contribution in [3.63, 3.8) is 0 Å². The van der Waals surface area contributed by atoms with Crippen molar-refractivity contribution < 1.29 is 9.15 Å². The van der Waals surface area contributed by atoms with Gasteiger partial charge >= 0.3 is 0 Å². The highest BCUT2D eigenvalue weighted by Crippen LogP contribution is 2.18. The molecule has 0 fully saturated rings. The van der Waals surface area contributed by atoms with Gasteiger partial charge in [0.1, 0.15) is 24.3 Å². The van der Waals surface area contributed by atoms with Gasteiger partial charge < -0.3 is 19.8 Å². The first-order chi connectivity index (χ1) is 13.3. The molecule has 0 saturated carbocycles. The number of nitrogens with zero attached hydrogens (tertiary/aromatic N) is 2. The Kier molecular flexibility index (Phi) is 6.86. The maximum atomic E-state index is 5.68. The predicted octanol–water partition coefficient (Wildman–Crippen LogP) is 3.48. The number of para-hydroxylation sites is 1. The molecule has 6 heteroatoms. The van der Waals surface area contributed by atoms with Crippen molar-refractivity contribution in [1.82, 2.24) is 15.6 Å². The summed E-state index contributed by atoms with van der Waals surface area (Å²) < 4.78 is 11.2. The number of hydrogen-bond acceptors (Lipinski definition) is 4. The summed E-state index contributed by atoms with van der Waals surface area (Å²) in [4.78, 5) is 9.05. The standard InChI is InChI=1S/C21H24N4O2/c1-2-22-21(23-13-14-26-19-11-7-4-8-12-19)24-15-18-16-27-20(25-18)17-9-5-3-6-10-17/h3-12,16H,2,13-15H2,1H3,(H2,22,23,24). The van der Waals surface area contributed by atoms with Crippen molar-refractivity contribution >= 4 is 5.96 Å². The van der Waals surface area contributed by atoms with Crippen LogP contribution in [0.1, 0.15) is 12.6 Å². The van der Waals surface area contributed by atoms with Crippen LogP contribution >= 0.6 is 0 Å². The van der Waals surface area contributed by atoms with E-state index in [-0.39, 0.29) is 0 Å². The molecule has 0 radical (unpaired) electrons. The Balaban J connectivity index is 1.50. The van der Waals surface area contributed by atoms with E-state index in [2.05, 4.69) is 20.6 Å². The van der Waals surface area contributed by atoms with Gasteiger partial charge in [0.2, 0.25) is 5.89 Å². The molecule has 6 nitrogen and oxygen atoms in total. The molecule has 0 aliphatic heterocycles. The SMILES string of the molecule is CCNC(=NCc1coc(-c2ccccc2)n1)NCCOc1ccccc1. The fraction of sp³-hybridized carbons (Fsp3) is 0.238. The number of hydrogen-bond donors (Lipinski definition) is 2. The van der Waals surface area contributed by atoms with E-state index in [0.717, 1.165) is 29.5 Å². The molecule has 2 aromatic carbocycles. The van der Waals surface area contributed by atoms with E-state index in [0.29, 0.717) is 25.6 Å². The third kappa shape index (κ3) is 5.88. The summed E-state index contributed by atoms with van der Waals surface area (Å²) in [6, 6.07) is 19.6. The van der Waals surface area contributed by atoms with E-state index >= 15 is 0 Å². The highest BCUT2D eigenvalue weighted by Gasteiger charge is 2.06. The van der Waals surface area contributed by atoms with Gasteiger partial charge in [0.05, 0.1) is 13.1 Å². The highest BCUT2D eigenvalue weighted by molar-refractivity contribution is 5.79. The number of rotatable bonds is 8. The first-order valence-electron chi connectivity index (χ1n) is 9.05. The van der Waals surface area contributed by atoms with E-state index in [1.165, 1.54) is 0 Å². The van der Waals surface area contributed by atoms with Crippen LogP contribution in [-0.2, 0) is 6.54 Å². The Labute approximate surface area is 159 Å².